The van der Waals surface area contributed by atoms with Crippen LogP contribution in [0.15, 0.2) is 12.2 Å². The largest absolute Gasteiger partial charge is 0.394 e. The minimum Gasteiger partial charge on any atom is -0.394 e. The molecule has 0 aromatic carbocycles. The van der Waals surface area contributed by atoms with Gasteiger partial charge in [-0.1, -0.05) is 167 Å². The standard InChI is InChI=1S/C60H112N2O20/c1-5-7-9-11-13-15-17-19-21-23-25-27-29-31-41(65)40(62-45(66)32-30-28-26-24-22-20-18-16-14-12-10-8-6-2)37-76-58-46(61)56(75-34-33-42-49(69)51(71)47(67)38(3)77-42)55(44(36-64)80-58)81-60-57(53(73)50(70)43(35-63)79-60)82-59-54(74)52(72)48(68)39(4)78-59/h29,31,38-44,46-60,63-65,67-74H,5-28,30,32-37,61H2,1-4H3,(H,62,66)/b31-29+/t38?,39?,40?,41?,42-,43?,44?,46?,47+,48+,49?,50-,51?,52?,53?,54?,55+,56?,57?,58+,59-,60-/m0/s1. The van der Waals surface area contributed by atoms with E-state index in [0.29, 0.717) is 6.42 Å². The van der Waals surface area contributed by atoms with Crippen molar-refractivity contribution < 1.29 is 98.9 Å². The third-order valence-corrected chi connectivity index (χ3v) is 16.8. The van der Waals surface area contributed by atoms with Gasteiger partial charge in [0.2, 0.25) is 5.91 Å². The van der Waals surface area contributed by atoms with E-state index < -0.39 is 148 Å². The van der Waals surface area contributed by atoms with E-state index in [0.717, 1.165) is 44.9 Å². The fourth-order valence-electron chi connectivity index (χ4n) is 11.3. The molecule has 4 aliphatic heterocycles. The van der Waals surface area contributed by atoms with Crippen molar-refractivity contribution in [3.05, 3.63) is 12.2 Å². The molecule has 4 aliphatic rings. The van der Waals surface area contributed by atoms with Crippen molar-refractivity contribution in [2.75, 3.05) is 26.4 Å². The maximum absolute atomic E-state index is 13.6. The van der Waals surface area contributed by atoms with E-state index in [2.05, 4.69) is 19.2 Å². The predicted molar refractivity (Wildman–Crippen MR) is 305 cm³/mol. The van der Waals surface area contributed by atoms with Crippen LogP contribution in [-0.2, 0) is 42.7 Å². The number of hydrogen-bond donors (Lipinski definition) is 13. The maximum Gasteiger partial charge on any atom is 0.220 e. The monoisotopic (exact) mass is 1180 g/mol. The Bertz CT molecular complexity index is 1680. The molecule has 22 atom stereocenters. The van der Waals surface area contributed by atoms with Crippen LogP contribution < -0.4 is 11.1 Å². The van der Waals surface area contributed by atoms with Gasteiger partial charge in [-0.25, -0.2) is 0 Å². The summed E-state index contributed by atoms with van der Waals surface area (Å²) in [7, 11) is 0. The molecular formula is C60H112N2O20. The number of unbranched alkanes of at least 4 members (excludes halogenated alkanes) is 23. The Balaban J connectivity index is 1.49. The molecule has 0 aromatic heterocycles. The Morgan fingerprint density at radius 1 is 0.512 bits per heavy atom. The zero-order valence-corrected chi connectivity index (χ0v) is 49.9. The lowest BCUT2D eigenvalue weighted by atomic mass is 9.94. The van der Waals surface area contributed by atoms with Gasteiger partial charge >= 0.3 is 0 Å². The summed E-state index contributed by atoms with van der Waals surface area (Å²) in [5, 5.41) is 122. The van der Waals surface area contributed by atoms with Crippen molar-refractivity contribution in [1.82, 2.24) is 5.32 Å². The average Bonchev–Trinajstić information content (AvgIpc) is 3.46. The van der Waals surface area contributed by atoms with Crippen molar-refractivity contribution in [2.24, 2.45) is 5.73 Å². The summed E-state index contributed by atoms with van der Waals surface area (Å²) in [5.74, 6) is -0.269. The molecule has 4 saturated heterocycles. The molecule has 0 aromatic rings. The SMILES string of the molecule is CCCCCCCCCCCCC/C=C/C(O)C(CO[C@@H]1OC(CO)[C@@H](O[C@@H]2OC(CO)[C@H](O)C(O)C2O[C@@H]2OC(C)[C@@H](O)C(O)C2O)C(OCC[C@@H]2OC(C)[C@@H](O)C(O)C2O)C1N)NC(=O)CCCCCCCCCCCCCCC. The lowest BCUT2D eigenvalue weighted by Crippen LogP contribution is -2.68. The molecule has 0 radical (unpaired) electrons. The molecule has 14 N–H and O–H groups in total. The number of rotatable bonds is 42. The maximum atomic E-state index is 13.6. The van der Waals surface area contributed by atoms with Crippen LogP contribution in [0.3, 0.4) is 0 Å². The number of ether oxygens (including phenoxy) is 8. The van der Waals surface area contributed by atoms with Crippen molar-refractivity contribution >= 4 is 5.91 Å². The third kappa shape index (κ3) is 24.2. The van der Waals surface area contributed by atoms with Gasteiger partial charge in [0, 0.05) is 13.0 Å². The van der Waals surface area contributed by atoms with Crippen molar-refractivity contribution in [3.8, 4) is 0 Å². The lowest BCUT2D eigenvalue weighted by Gasteiger charge is -2.49. The van der Waals surface area contributed by atoms with E-state index in [4.69, 9.17) is 43.6 Å². The van der Waals surface area contributed by atoms with E-state index in [1.807, 2.05) is 6.08 Å². The number of aliphatic hydroxyl groups excluding tert-OH is 11. The normalized spacial score (nSPS) is 35.3. The highest BCUT2D eigenvalue weighted by molar-refractivity contribution is 5.76. The fourth-order valence-corrected chi connectivity index (χ4v) is 11.3. The van der Waals surface area contributed by atoms with Crippen LogP contribution in [0.25, 0.3) is 0 Å². The summed E-state index contributed by atoms with van der Waals surface area (Å²) in [5.41, 5.74) is 6.95. The number of allylic oxidation sites excluding steroid dienone is 1. The van der Waals surface area contributed by atoms with E-state index in [-0.39, 0.29) is 32.0 Å². The van der Waals surface area contributed by atoms with Crippen LogP contribution >= 0.6 is 0 Å². The molecule has 0 saturated carbocycles. The fraction of sp³-hybridized carbons (Fsp3) is 0.950. The summed E-state index contributed by atoms with van der Waals surface area (Å²) in [6, 6.07) is -2.27. The molecular weight excluding hydrogens is 1070 g/mol. The molecule has 22 heteroatoms. The zero-order valence-electron chi connectivity index (χ0n) is 49.9. The Kier molecular flexibility index (Phi) is 36.3. The summed E-state index contributed by atoms with van der Waals surface area (Å²) in [6.45, 7) is 5.27. The van der Waals surface area contributed by atoms with Gasteiger partial charge < -0.3 is 105 Å². The van der Waals surface area contributed by atoms with Crippen LogP contribution in [0.2, 0.25) is 0 Å². The van der Waals surface area contributed by atoms with Crippen LogP contribution in [0, 0.1) is 0 Å². The van der Waals surface area contributed by atoms with E-state index in [1.165, 1.54) is 123 Å². The summed E-state index contributed by atoms with van der Waals surface area (Å²) < 4.78 is 48.8. The van der Waals surface area contributed by atoms with E-state index in [1.54, 1.807) is 6.08 Å². The first-order chi connectivity index (χ1) is 39.5. The highest BCUT2D eigenvalue weighted by atomic mass is 16.8. The summed E-state index contributed by atoms with van der Waals surface area (Å²) in [6.07, 6.45) is 3.33. The van der Waals surface area contributed by atoms with Gasteiger partial charge in [-0.15, -0.1) is 0 Å². The molecule has 4 heterocycles. The number of carbonyl (C=O) groups excluding carboxylic acids is 1. The molecule has 1 amide bonds. The second kappa shape index (κ2) is 40.8. The number of hydrogen-bond acceptors (Lipinski definition) is 21. The Hall–Kier alpha value is -1.59. The first-order valence-electron chi connectivity index (χ1n) is 31.7. The molecule has 82 heavy (non-hydrogen) atoms. The minimum absolute atomic E-state index is 0.0566. The van der Waals surface area contributed by atoms with Crippen molar-refractivity contribution in [1.29, 1.82) is 0 Å². The molecule has 0 bridgehead atoms. The van der Waals surface area contributed by atoms with Crippen LogP contribution in [0.4, 0.5) is 0 Å². The smallest absolute Gasteiger partial charge is 0.220 e. The topological polar surface area (TPSA) is 351 Å². The number of nitrogens with one attached hydrogen (secondary N) is 1. The number of nitrogens with two attached hydrogens (primary N) is 1. The van der Waals surface area contributed by atoms with Crippen LogP contribution in [0.1, 0.15) is 201 Å². The van der Waals surface area contributed by atoms with E-state index in [9.17, 15) is 61.0 Å². The van der Waals surface area contributed by atoms with Crippen LogP contribution in [0.5, 0.6) is 0 Å². The first-order valence-corrected chi connectivity index (χ1v) is 31.7. The van der Waals surface area contributed by atoms with Gasteiger partial charge in [-0.3, -0.25) is 4.79 Å². The lowest BCUT2D eigenvalue weighted by molar-refractivity contribution is -0.383. The molecule has 14 unspecified atom stereocenters. The predicted octanol–water partition coefficient (Wildman–Crippen LogP) is 3.31. The molecule has 4 rings (SSSR count). The third-order valence-electron chi connectivity index (χ3n) is 16.8. The average molecular weight is 1180 g/mol. The molecule has 482 valence electrons. The highest BCUT2D eigenvalue weighted by Crippen LogP contribution is 2.35. The Morgan fingerprint density at radius 3 is 1.54 bits per heavy atom. The van der Waals surface area contributed by atoms with Gasteiger partial charge in [0.25, 0.3) is 0 Å². The zero-order chi connectivity index (χ0) is 60.0. The van der Waals surface area contributed by atoms with Crippen molar-refractivity contribution in [3.63, 3.8) is 0 Å². The molecule has 0 spiro atoms. The second-order valence-corrected chi connectivity index (χ2v) is 23.6. The van der Waals surface area contributed by atoms with Crippen molar-refractivity contribution in [2.45, 2.75) is 336 Å². The van der Waals surface area contributed by atoms with Crippen LogP contribution in [-0.4, -0.2) is 223 Å². The van der Waals surface area contributed by atoms with Gasteiger partial charge in [0.1, 0.15) is 79.4 Å². The second-order valence-electron chi connectivity index (χ2n) is 23.6. The molecule has 4 fully saturated rings. The summed E-state index contributed by atoms with van der Waals surface area (Å²) in [4.78, 5) is 13.6. The number of aliphatic hydroxyl groups is 11. The number of carbonyl (C=O) groups is 1. The molecule has 0 aliphatic carbocycles. The molecule has 22 nitrogen and oxygen atoms in total. The quantitative estimate of drug-likeness (QED) is 0.0308. The Morgan fingerprint density at radius 2 is 0.988 bits per heavy atom. The van der Waals surface area contributed by atoms with Gasteiger partial charge in [-0.05, 0) is 39.5 Å². The Labute approximate surface area is 488 Å². The van der Waals surface area contributed by atoms with E-state index >= 15 is 0 Å². The van der Waals surface area contributed by atoms with Gasteiger partial charge in [0.15, 0.2) is 18.9 Å². The van der Waals surface area contributed by atoms with Gasteiger partial charge in [0.05, 0.1) is 56.3 Å². The highest BCUT2D eigenvalue weighted by Gasteiger charge is 2.54. The summed E-state index contributed by atoms with van der Waals surface area (Å²) >= 11 is 0. The van der Waals surface area contributed by atoms with Gasteiger partial charge in [-0.2, -0.15) is 0 Å². The first kappa shape index (κ1) is 72.9. The number of amides is 1. The minimum atomic E-state index is -1.89.